The molecular weight excluding hydrogens is 508 g/mol. The molecule has 2 aliphatic heterocycles. The molecule has 0 radical (unpaired) electrons. The number of nitrogens with zero attached hydrogens (tertiary/aromatic N) is 2. The van der Waals surface area contributed by atoms with Crippen LogP contribution in [-0.4, -0.2) is 59.6 Å². The molecule has 1 saturated heterocycles. The number of rotatable bonds is 1. The molecule has 3 heterocycles. The third-order valence-corrected chi connectivity index (χ3v) is 8.89. The molecule has 1 amide bonds. The largest absolute Gasteiger partial charge is 0.472 e. The van der Waals surface area contributed by atoms with E-state index in [4.69, 9.17) is 19.2 Å². The van der Waals surface area contributed by atoms with Crippen molar-refractivity contribution in [3.63, 3.8) is 0 Å². The van der Waals surface area contributed by atoms with Gasteiger partial charge in [-0.2, -0.15) is 0 Å². The Labute approximate surface area is 236 Å². The summed E-state index contributed by atoms with van der Waals surface area (Å²) in [5.41, 5.74) is 2.60. The van der Waals surface area contributed by atoms with E-state index >= 15 is 0 Å². The summed E-state index contributed by atoms with van der Waals surface area (Å²) in [7, 11) is 1.33. The Hall–Kier alpha value is -3.16. The maximum atomic E-state index is 14.0. The van der Waals surface area contributed by atoms with Gasteiger partial charge in [0.15, 0.2) is 0 Å². The second-order valence-corrected chi connectivity index (χ2v) is 12.8. The third-order valence-electron chi connectivity index (χ3n) is 8.89. The number of amides is 1. The minimum Gasteiger partial charge on any atom is -0.472 e. The van der Waals surface area contributed by atoms with E-state index in [9.17, 15) is 14.4 Å². The minimum absolute atomic E-state index is 0.0168. The Balaban J connectivity index is 1.50. The van der Waals surface area contributed by atoms with Gasteiger partial charge in [0.25, 0.3) is 0 Å². The van der Waals surface area contributed by atoms with Crippen molar-refractivity contribution in [2.75, 3.05) is 13.7 Å². The smallest absolute Gasteiger partial charge is 0.328 e. The zero-order chi connectivity index (χ0) is 28.6. The molecule has 3 aliphatic rings. The van der Waals surface area contributed by atoms with E-state index < -0.39 is 29.4 Å². The van der Waals surface area contributed by atoms with E-state index in [0.29, 0.717) is 18.2 Å². The first-order valence-corrected chi connectivity index (χ1v) is 14.7. The lowest BCUT2D eigenvalue weighted by Gasteiger charge is -2.34. The first-order chi connectivity index (χ1) is 19.1. The van der Waals surface area contributed by atoms with E-state index in [1.807, 2.05) is 39.0 Å². The Kier molecular flexibility index (Phi) is 8.07. The zero-order valence-corrected chi connectivity index (χ0v) is 24.4. The van der Waals surface area contributed by atoms with Crippen molar-refractivity contribution in [3.05, 3.63) is 35.4 Å². The summed E-state index contributed by atoms with van der Waals surface area (Å²) in [5.74, 6) is -0.731. The molecule has 1 saturated carbocycles. The number of carbonyl (C=O) groups is 3. The van der Waals surface area contributed by atoms with E-state index in [2.05, 4.69) is 13.0 Å². The number of aromatic nitrogens is 1. The summed E-state index contributed by atoms with van der Waals surface area (Å²) >= 11 is 0. The monoisotopic (exact) mass is 550 g/mol. The fourth-order valence-corrected chi connectivity index (χ4v) is 6.32. The molecule has 8 nitrogen and oxygen atoms in total. The van der Waals surface area contributed by atoms with Gasteiger partial charge in [-0.1, -0.05) is 51.8 Å². The molecule has 0 unspecified atom stereocenters. The van der Waals surface area contributed by atoms with Gasteiger partial charge in [0.2, 0.25) is 11.8 Å². The van der Waals surface area contributed by atoms with Crippen LogP contribution in [0, 0.1) is 24.2 Å². The van der Waals surface area contributed by atoms with E-state index in [1.54, 1.807) is 4.90 Å². The number of benzene rings is 1. The molecular formula is C32H42N2O6. The molecule has 0 N–H and O–H groups in total. The number of esters is 2. The Morgan fingerprint density at radius 2 is 1.85 bits per heavy atom. The fraction of sp³-hybridized carbons (Fsp3) is 0.625. The van der Waals surface area contributed by atoms with Crippen molar-refractivity contribution >= 4 is 28.7 Å². The van der Waals surface area contributed by atoms with Crippen LogP contribution in [0.25, 0.3) is 10.9 Å². The lowest BCUT2D eigenvalue weighted by molar-refractivity contribution is -0.157. The molecule has 1 aliphatic carbocycles. The zero-order valence-electron chi connectivity index (χ0n) is 24.4. The number of aryl methyl sites for hydroxylation is 1. The van der Waals surface area contributed by atoms with Crippen molar-refractivity contribution < 1.29 is 28.6 Å². The predicted molar refractivity (Wildman–Crippen MR) is 151 cm³/mol. The average Bonchev–Trinajstić information content (AvgIpc) is 3.50. The van der Waals surface area contributed by atoms with Crippen molar-refractivity contribution in [1.29, 1.82) is 0 Å². The summed E-state index contributed by atoms with van der Waals surface area (Å²) in [6, 6.07) is 7.28. The number of carbonyl (C=O) groups excluding carboxylic acids is 3. The number of para-hydroxylation sites is 1. The van der Waals surface area contributed by atoms with E-state index in [0.717, 1.165) is 60.6 Å². The van der Waals surface area contributed by atoms with Crippen molar-refractivity contribution in [3.8, 4) is 5.88 Å². The van der Waals surface area contributed by atoms with E-state index in [1.165, 1.54) is 7.11 Å². The normalized spacial score (nSPS) is 28.0. The van der Waals surface area contributed by atoms with Crippen LogP contribution in [0.4, 0.5) is 0 Å². The number of hydrogen-bond donors (Lipinski definition) is 0. The standard InChI is InChI=1S/C32H42N2O6/c1-19-22-12-9-10-14-25(22)33-29-23(19)13-8-6-7-11-20-15-27(20)40-28(35)17-24(32(2,3)4)30(36)34-18-21(39-29)16-26(34)31(37)38-5/h9-10,12,14,20-21,24,26-27H,6-8,11,13,15-18H2,1-5H3/t20-,21-,24-,26+,27-/m1/s1. The van der Waals surface area contributed by atoms with Crippen molar-refractivity contribution in [2.24, 2.45) is 17.3 Å². The Morgan fingerprint density at radius 3 is 2.60 bits per heavy atom. The van der Waals surface area contributed by atoms with Crippen LogP contribution in [-0.2, 0) is 30.3 Å². The van der Waals surface area contributed by atoms with Crippen LogP contribution in [0.2, 0.25) is 0 Å². The van der Waals surface area contributed by atoms with Gasteiger partial charge in [0, 0.05) is 17.4 Å². The number of fused-ring (bicyclic) bond motifs is 5. The molecule has 2 fully saturated rings. The summed E-state index contributed by atoms with van der Waals surface area (Å²) < 4.78 is 17.4. The highest BCUT2D eigenvalue weighted by Gasteiger charge is 2.47. The molecule has 2 bridgehead atoms. The van der Waals surface area contributed by atoms with Crippen LogP contribution in [0.3, 0.4) is 0 Å². The predicted octanol–water partition coefficient (Wildman–Crippen LogP) is 5.17. The molecule has 40 heavy (non-hydrogen) atoms. The molecule has 2 aromatic rings. The van der Waals surface area contributed by atoms with Crippen LogP contribution in [0.1, 0.15) is 76.8 Å². The van der Waals surface area contributed by atoms with Gasteiger partial charge in [0.1, 0.15) is 18.2 Å². The number of methoxy groups -OCH3 is 1. The van der Waals surface area contributed by atoms with Gasteiger partial charge >= 0.3 is 11.9 Å². The first kappa shape index (κ1) is 28.4. The van der Waals surface area contributed by atoms with Crippen LogP contribution >= 0.6 is 0 Å². The molecule has 5 atom stereocenters. The van der Waals surface area contributed by atoms with Gasteiger partial charge in [-0.15, -0.1) is 0 Å². The number of pyridine rings is 1. The average molecular weight is 551 g/mol. The SMILES string of the molecule is COC(=O)[C@@H]1C[C@@H]2CN1C(=O)[C@H](C(C)(C)C)CC(=O)O[C@@H]1C[C@H]1CCCCCc1c(nc3ccccc3c1C)O2. The molecule has 1 aromatic carbocycles. The van der Waals surface area contributed by atoms with Gasteiger partial charge in [-0.05, 0) is 55.6 Å². The molecule has 8 heteroatoms. The number of ether oxygens (including phenoxy) is 3. The van der Waals surface area contributed by atoms with Gasteiger partial charge in [-0.25, -0.2) is 9.78 Å². The fourth-order valence-electron chi connectivity index (χ4n) is 6.32. The highest BCUT2D eigenvalue weighted by molar-refractivity contribution is 5.89. The second-order valence-electron chi connectivity index (χ2n) is 12.8. The summed E-state index contributed by atoms with van der Waals surface area (Å²) in [6.45, 7) is 8.18. The first-order valence-electron chi connectivity index (χ1n) is 14.7. The van der Waals surface area contributed by atoms with Crippen molar-refractivity contribution in [1.82, 2.24) is 9.88 Å². The van der Waals surface area contributed by atoms with Crippen LogP contribution in [0.15, 0.2) is 24.3 Å². The lowest BCUT2D eigenvalue weighted by Crippen LogP contribution is -2.47. The third kappa shape index (κ3) is 5.96. The lowest BCUT2D eigenvalue weighted by atomic mass is 9.77. The topological polar surface area (TPSA) is 95.0 Å². The summed E-state index contributed by atoms with van der Waals surface area (Å²) in [4.78, 5) is 46.3. The van der Waals surface area contributed by atoms with Gasteiger partial charge in [-0.3, -0.25) is 9.59 Å². The molecule has 0 spiro atoms. The maximum absolute atomic E-state index is 14.0. The molecule has 1 aromatic heterocycles. The second kappa shape index (κ2) is 11.4. The highest BCUT2D eigenvalue weighted by Crippen LogP contribution is 2.40. The maximum Gasteiger partial charge on any atom is 0.328 e. The van der Waals surface area contributed by atoms with Gasteiger partial charge < -0.3 is 19.1 Å². The number of hydrogen-bond acceptors (Lipinski definition) is 7. The molecule has 5 rings (SSSR count). The minimum atomic E-state index is -0.789. The quantitative estimate of drug-likeness (QED) is 0.453. The molecule has 216 valence electrons. The van der Waals surface area contributed by atoms with Crippen LogP contribution < -0.4 is 4.74 Å². The Bertz CT molecular complexity index is 1280. The van der Waals surface area contributed by atoms with Gasteiger partial charge in [0.05, 0.1) is 31.5 Å². The van der Waals surface area contributed by atoms with Crippen molar-refractivity contribution in [2.45, 2.75) is 97.3 Å². The Morgan fingerprint density at radius 1 is 1.07 bits per heavy atom. The van der Waals surface area contributed by atoms with E-state index in [-0.39, 0.29) is 30.9 Å². The highest BCUT2D eigenvalue weighted by atomic mass is 16.5. The summed E-state index contributed by atoms with van der Waals surface area (Å²) in [5, 5.41) is 1.11. The summed E-state index contributed by atoms with van der Waals surface area (Å²) in [6.07, 6.45) is 5.73. The van der Waals surface area contributed by atoms with Crippen LogP contribution in [0.5, 0.6) is 5.88 Å².